The van der Waals surface area contributed by atoms with Crippen molar-refractivity contribution in [2.75, 3.05) is 17.7 Å². The van der Waals surface area contributed by atoms with E-state index in [0.717, 1.165) is 11.3 Å². The van der Waals surface area contributed by atoms with Crippen molar-refractivity contribution in [2.45, 2.75) is 31.3 Å². The van der Waals surface area contributed by atoms with Gasteiger partial charge in [0, 0.05) is 19.4 Å². The van der Waals surface area contributed by atoms with Gasteiger partial charge in [0.2, 0.25) is 5.91 Å². The van der Waals surface area contributed by atoms with E-state index in [1.807, 2.05) is 13.8 Å². The molecule has 0 aliphatic carbocycles. The van der Waals surface area contributed by atoms with E-state index in [9.17, 15) is 14.7 Å². The third-order valence-corrected chi connectivity index (χ3v) is 5.17. The quantitative estimate of drug-likeness (QED) is 0.616. The first-order valence-corrected chi connectivity index (χ1v) is 9.44. The van der Waals surface area contributed by atoms with Crippen LogP contribution in [-0.2, 0) is 11.8 Å². The van der Waals surface area contributed by atoms with E-state index >= 15 is 0 Å². The Balaban J connectivity index is 2.15. The van der Waals surface area contributed by atoms with Crippen molar-refractivity contribution in [2.24, 2.45) is 7.05 Å². The number of nitrogens with zero attached hydrogens (tertiary/aromatic N) is 2. The van der Waals surface area contributed by atoms with Gasteiger partial charge in [-0.1, -0.05) is 24.8 Å². The van der Waals surface area contributed by atoms with E-state index in [1.165, 1.54) is 17.8 Å². The smallest absolute Gasteiger partial charge is 0.279 e. The summed E-state index contributed by atoms with van der Waals surface area (Å²) in [6, 6.07) is 4.91. The van der Waals surface area contributed by atoms with Crippen molar-refractivity contribution in [1.82, 2.24) is 9.55 Å². The van der Waals surface area contributed by atoms with E-state index in [1.54, 1.807) is 23.7 Å². The van der Waals surface area contributed by atoms with Crippen LogP contribution in [0.3, 0.4) is 0 Å². The average Bonchev–Trinajstić information content (AvgIpc) is 2.61. The highest BCUT2D eigenvalue weighted by Crippen LogP contribution is 2.38. The molecule has 1 unspecified atom stereocenters. The van der Waals surface area contributed by atoms with Crippen LogP contribution in [-0.4, -0.2) is 32.9 Å². The molecule has 7 nitrogen and oxygen atoms in total. The highest BCUT2D eigenvalue weighted by Gasteiger charge is 2.32. The number of fused-ring (bicyclic) bond motifs is 1. The predicted molar refractivity (Wildman–Crippen MR) is 100 cm³/mol. The first-order chi connectivity index (χ1) is 12.5. The van der Waals surface area contributed by atoms with Crippen molar-refractivity contribution >= 4 is 23.5 Å². The van der Waals surface area contributed by atoms with Crippen LogP contribution in [0.25, 0.3) is 0 Å². The second-order valence-electron chi connectivity index (χ2n) is 5.92. The third-order valence-electron chi connectivity index (χ3n) is 4.26. The molecule has 2 N–H and O–H groups in total. The second-order valence-corrected chi connectivity index (χ2v) is 7.15. The molecule has 0 fully saturated rings. The van der Waals surface area contributed by atoms with Gasteiger partial charge in [-0.2, -0.15) is 4.98 Å². The molecule has 0 bridgehead atoms. The number of ether oxygens (including phenoxy) is 1. The summed E-state index contributed by atoms with van der Waals surface area (Å²) in [6.07, 6.45) is 0.139. The Morgan fingerprint density at radius 2 is 2.15 bits per heavy atom. The number of hydrogen-bond donors (Lipinski definition) is 2. The number of amides is 1. The number of phenolic OH excluding ortho intramolecular Hbond substituents is 1. The summed E-state index contributed by atoms with van der Waals surface area (Å²) < 4.78 is 7.18. The number of anilines is 1. The molecule has 0 saturated carbocycles. The SMILES string of the molecule is CCOc1cc(C2CC(=O)Nc3c2c(=O)nc(SCC)n3C)ccc1O. The fourth-order valence-electron chi connectivity index (χ4n) is 3.10. The predicted octanol–water partition coefficient (Wildman–Crippen LogP) is 2.47. The fourth-order valence-corrected chi connectivity index (χ4v) is 3.79. The van der Waals surface area contributed by atoms with Gasteiger partial charge in [0.15, 0.2) is 16.7 Å². The second kappa shape index (κ2) is 7.41. The zero-order chi connectivity index (χ0) is 18.8. The van der Waals surface area contributed by atoms with Crippen molar-refractivity contribution < 1.29 is 14.6 Å². The number of benzene rings is 1. The molecule has 138 valence electrons. The Hall–Kier alpha value is -2.48. The largest absolute Gasteiger partial charge is 0.504 e. The lowest BCUT2D eigenvalue weighted by atomic mass is 9.86. The summed E-state index contributed by atoms with van der Waals surface area (Å²) >= 11 is 1.45. The number of nitrogens with one attached hydrogen (secondary N) is 1. The topological polar surface area (TPSA) is 93.5 Å². The maximum Gasteiger partial charge on any atom is 0.279 e. The highest BCUT2D eigenvalue weighted by atomic mass is 32.2. The molecule has 1 aromatic carbocycles. The summed E-state index contributed by atoms with van der Waals surface area (Å²) in [5.74, 6) is 1.00. The van der Waals surface area contributed by atoms with E-state index in [2.05, 4.69) is 10.3 Å². The summed E-state index contributed by atoms with van der Waals surface area (Å²) in [7, 11) is 1.79. The van der Waals surface area contributed by atoms with Crippen LogP contribution in [0.4, 0.5) is 5.82 Å². The number of hydrogen-bond acceptors (Lipinski definition) is 6. The molecular weight excluding hydrogens is 354 g/mol. The summed E-state index contributed by atoms with van der Waals surface area (Å²) in [4.78, 5) is 29.2. The molecule has 2 aromatic rings. The molecular formula is C18H21N3O4S. The maximum atomic E-state index is 12.7. The Morgan fingerprint density at radius 3 is 2.85 bits per heavy atom. The Bertz CT molecular complexity index is 910. The first kappa shape index (κ1) is 18.3. The number of carbonyl (C=O) groups excluding carboxylic acids is 1. The molecule has 0 radical (unpaired) electrons. The molecule has 1 aliphatic rings. The van der Waals surface area contributed by atoms with Crippen LogP contribution in [0, 0.1) is 0 Å². The highest BCUT2D eigenvalue weighted by molar-refractivity contribution is 7.99. The lowest BCUT2D eigenvalue weighted by Crippen LogP contribution is -2.33. The van der Waals surface area contributed by atoms with E-state index in [4.69, 9.17) is 4.74 Å². The molecule has 0 spiro atoms. The van der Waals surface area contributed by atoms with Gasteiger partial charge in [0.05, 0.1) is 12.2 Å². The number of phenols is 1. The van der Waals surface area contributed by atoms with Crippen LogP contribution in [0.2, 0.25) is 0 Å². The minimum atomic E-state index is -0.439. The molecule has 8 heteroatoms. The molecule has 26 heavy (non-hydrogen) atoms. The number of aromatic hydroxyl groups is 1. The van der Waals surface area contributed by atoms with Crippen molar-refractivity contribution in [3.8, 4) is 11.5 Å². The van der Waals surface area contributed by atoms with Crippen molar-refractivity contribution in [3.05, 3.63) is 39.7 Å². The summed E-state index contributed by atoms with van der Waals surface area (Å²) in [5.41, 5.74) is 0.850. The average molecular weight is 375 g/mol. The first-order valence-electron chi connectivity index (χ1n) is 8.45. The molecule has 1 aromatic heterocycles. The van der Waals surface area contributed by atoms with Crippen LogP contribution >= 0.6 is 11.8 Å². The molecule has 0 saturated heterocycles. The molecule has 1 atom stereocenters. The number of thioether (sulfide) groups is 1. The van der Waals surface area contributed by atoms with Gasteiger partial charge in [-0.15, -0.1) is 0 Å². The molecule has 1 amide bonds. The third kappa shape index (κ3) is 3.29. The van der Waals surface area contributed by atoms with Gasteiger partial charge in [-0.05, 0) is 30.4 Å². The van der Waals surface area contributed by atoms with Crippen LogP contribution in [0.15, 0.2) is 28.2 Å². The van der Waals surface area contributed by atoms with Crippen LogP contribution < -0.4 is 15.6 Å². The minimum absolute atomic E-state index is 0.0248. The van der Waals surface area contributed by atoms with Gasteiger partial charge >= 0.3 is 0 Å². The molecule has 2 heterocycles. The van der Waals surface area contributed by atoms with Crippen LogP contribution in [0.1, 0.15) is 37.3 Å². The Labute approximate surface area is 155 Å². The minimum Gasteiger partial charge on any atom is -0.504 e. The number of aromatic nitrogens is 2. The van der Waals surface area contributed by atoms with Gasteiger partial charge in [-0.25, -0.2) is 0 Å². The molecule has 3 rings (SSSR count). The Morgan fingerprint density at radius 1 is 1.38 bits per heavy atom. The van der Waals surface area contributed by atoms with Gasteiger partial charge in [-0.3, -0.25) is 9.59 Å². The van der Waals surface area contributed by atoms with Gasteiger partial charge < -0.3 is 19.7 Å². The maximum absolute atomic E-state index is 12.7. The number of rotatable bonds is 5. The van der Waals surface area contributed by atoms with Gasteiger partial charge in [0.1, 0.15) is 5.82 Å². The van der Waals surface area contributed by atoms with Gasteiger partial charge in [0.25, 0.3) is 5.56 Å². The van der Waals surface area contributed by atoms with Crippen LogP contribution in [0.5, 0.6) is 11.5 Å². The number of carbonyl (C=O) groups is 1. The monoisotopic (exact) mass is 375 g/mol. The fraction of sp³-hybridized carbons (Fsp3) is 0.389. The van der Waals surface area contributed by atoms with Crippen molar-refractivity contribution in [3.63, 3.8) is 0 Å². The van der Waals surface area contributed by atoms with E-state index < -0.39 is 5.92 Å². The van der Waals surface area contributed by atoms with Crippen molar-refractivity contribution in [1.29, 1.82) is 0 Å². The zero-order valence-electron chi connectivity index (χ0n) is 14.9. The Kier molecular flexibility index (Phi) is 5.22. The lowest BCUT2D eigenvalue weighted by molar-refractivity contribution is -0.116. The lowest BCUT2D eigenvalue weighted by Gasteiger charge is -2.27. The van der Waals surface area contributed by atoms with E-state index in [-0.39, 0.29) is 23.6 Å². The normalized spacial score (nSPS) is 16.1. The standard InChI is InChI=1S/C18H21N3O4S/c1-4-25-13-8-10(6-7-12(13)22)11-9-14(23)19-16-15(11)17(24)20-18(21(16)3)26-5-2/h6-8,11,22H,4-5,9H2,1-3H3,(H,19,23). The summed E-state index contributed by atoms with van der Waals surface area (Å²) in [5, 5.41) is 13.3. The summed E-state index contributed by atoms with van der Waals surface area (Å²) in [6.45, 7) is 4.20. The molecule has 1 aliphatic heterocycles. The zero-order valence-corrected chi connectivity index (χ0v) is 15.7. The van der Waals surface area contributed by atoms with E-state index in [0.29, 0.717) is 28.9 Å².